The summed E-state index contributed by atoms with van der Waals surface area (Å²) in [5.74, 6) is -1.90. The van der Waals surface area contributed by atoms with E-state index in [9.17, 15) is 14.0 Å². The molecular formula is C29H28FN3O3. The van der Waals surface area contributed by atoms with Gasteiger partial charge in [0.15, 0.2) is 0 Å². The van der Waals surface area contributed by atoms with Crippen molar-refractivity contribution in [3.8, 4) is 0 Å². The Hall–Kier alpha value is -4.52. The number of rotatable bonds is 8. The molecule has 0 aliphatic rings. The standard InChI is InChI=1S/C27H22FN3O3.C2H6/c28-21-9-12-25(23(14-21)24(29)15-26(32)33)30-16-17-5-10-22(11-6-17)31-27(34)20-8-7-18-3-1-2-4-19(18)13-20;1-2/h1-14,29-30H,15-16H2,(H,31,34)(H,32,33);1-2H3. The minimum atomic E-state index is -1.15. The fourth-order valence-corrected chi connectivity index (χ4v) is 3.60. The zero-order valence-electron chi connectivity index (χ0n) is 20.1. The quantitative estimate of drug-likeness (QED) is 0.208. The number of hydrogen-bond donors (Lipinski definition) is 4. The van der Waals surface area contributed by atoms with E-state index < -0.39 is 18.2 Å². The van der Waals surface area contributed by atoms with Crippen molar-refractivity contribution in [3.63, 3.8) is 0 Å². The van der Waals surface area contributed by atoms with Crippen molar-refractivity contribution in [3.05, 3.63) is 107 Å². The van der Waals surface area contributed by atoms with Gasteiger partial charge in [-0.1, -0.05) is 56.3 Å². The Balaban J connectivity index is 0.00000176. The van der Waals surface area contributed by atoms with Gasteiger partial charge in [0.1, 0.15) is 5.82 Å². The molecule has 0 spiro atoms. The largest absolute Gasteiger partial charge is 0.481 e. The predicted octanol–water partition coefficient (Wildman–Crippen LogP) is 6.71. The van der Waals surface area contributed by atoms with Crippen LogP contribution in [0.2, 0.25) is 0 Å². The van der Waals surface area contributed by atoms with Crippen LogP contribution in [0.3, 0.4) is 0 Å². The molecule has 6 nitrogen and oxygen atoms in total. The highest BCUT2D eigenvalue weighted by Crippen LogP contribution is 2.21. The van der Waals surface area contributed by atoms with Crippen LogP contribution in [-0.4, -0.2) is 22.7 Å². The van der Waals surface area contributed by atoms with E-state index in [1.807, 2.05) is 62.4 Å². The number of nitrogens with one attached hydrogen (secondary N) is 3. The van der Waals surface area contributed by atoms with Gasteiger partial charge in [-0.3, -0.25) is 9.59 Å². The van der Waals surface area contributed by atoms with Gasteiger partial charge in [0.25, 0.3) is 5.91 Å². The van der Waals surface area contributed by atoms with E-state index in [1.54, 1.807) is 18.2 Å². The van der Waals surface area contributed by atoms with Crippen LogP contribution in [0.25, 0.3) is 10.8 Å². The third kappa shape index (κ3) is 6.76. The summed E-state index contributed by atoms with van der Waals surface area (Å²) >= 11 is 0. The summed E-state index contributed by atoms with van der Waals surface area (Å²) < 4.78 is 13.6. The van der Waals surface area contributed by atoms with Gasteiger partial charge < -0.3 is 21.1 Å². The zero-order chi connectivity index (χ0) is 26.1. The molecule has 184 valence electrons. The second-order valence-corrected chi connectivity index (χ2v) is 7.81. The molecule has 0 saturated heterocycles. The van der Waals surface area contributed by atoms with E-state index in [-0.39, 0.29) is 17.2 Å². The Morgan fingerprint density at radius 3 is 2.28 bits per heavy atom. The Morgan fingerprint density at radius 1 is 0.889 bits per heavy atom. The summed E-state index contributed by atoms with van der Waals surface area (Å²) in [5, 5.41) is 25.0. The molecule has 4 aromatic carbocycles. The first-order valence-corrected chi connectivity index (χ1v) is 11.6. The predicted molar refractivity (Wildman–Crippen MR) is 142 cm³/mol. The number of carboxylic acid groups (broad SMARTS) is 1. The lowest BCUT2D eigenvalue weighted by molar-refractivity contribution is -0.135. The highest BCUT2D eigenvalue weighted by atomic mass is 19.1. The van der Waals surface area contributed by atoms with Gasteiger partial charge in [-0.25, -0.2) is 4.39 Å². The summed E-state index contributed by atoms with van der Waals surface area (Å²) in [6, 6.07) is 24.5. The number of halogens is 1. The van der Waals surface area contributed by atoms with E-state index in [1.165, 1.54) is 12.1 Å². The average Bonchev–Trinajstić information content (AvgIpc) is 2.89. The number of aliphatic carboxylic acids is 1. The summed E-state index contributed by atoms with van der Waals surface area (Å²) in [6.07, 6.45) is -0.496. The van der Waals surface area contributed by atoms with E-state index in [0.717, 1.165) is 22.4 Å². The lowest BCUT2D eigenvalue weighted by Crippen LogP contribution is -2.12. The topological polar surface area (TPSA) is 102 Å². The molecular weight excluding hydrogens is 457 g/mol. The van der Waals surface area contributed by atoms with Crippen LogP contribution in [0.4, 0.5) is 15.8 Å². The van der Waals surface area contributed by atoms with Gasteiger partial charge in [0, 0.05) is 29.0 Å². The molecule has 0 aliphatic heterocycles. The molecule has 4 rings (SSSR count). The maximum absolute atomic E-state index is 13.6. The van der Waals surface area contributed by atoms with Crippen LogP contribution in [0.15, 0.2) is 84.9 Å². The van der Waals surface area contributed by atoms with Gasteiger partial charge in [-0.2, -0.15) is 0 Å². The lowest BCUT2D eigenvalue weighted by atomic mass is 10.0. The molecule has 0 bridgehead atoms. The molecule has 4 aromatic rings. The van der Waals surface area contributed by atoms with Crippen LogP contribution >= 0.6 is 0 Å². The van der Waals surface area contributed by atoms with Gasteiger partial charge in [0.05, 0.1) is 12.1 Å². The molecule has 0 saturated carbocycles. The van der Waals surface area contributed by atoms with Crippen molar-refractivity contribution in [2.45, 2.75) is 26.8 Å². The molecule has 4 N–H and O–H groups in total. The number of anilines is 2. The third-order valence-corrected chi connectivity index (χ3v) is 5.34. The smallest absolute Gasteiger partial charge is 0.309 e. The zero-order valence-corrected chi connectivity index (χ0v) is 20.1. The number of carbonyl (C=O) groups is 2. The van der Waals surface area contributed by atoms with Crippen molar-refractivity contribution in [2.75, 3.05) is 10.6 Å². The highest BCUT2D eigenvalue weighted by Gasteiger charge is 2.13. The maximum atomic E-state index is 13.6. The Labute approximate surface area is 209 Å². The van der Waals surface area contributed by atoms with Gasteiger partial charge in [-0.15, -0.1) is 0 Å². The van der Waals surface area contributed by atoms with Crippen LogP contribution in [0, 0.1) is 11.2 Å². The monoisotopic (exact) mass is 485 g/mol. The number of amides is 1. The molecule has 1 amide bonds. The second-order valence-electron chi connectivity index (χ2n) is 7.81. The minimum Gasteiger partial charge on any atom is -0.481 e. The fraction of sp³-hybridized carbons (Fsp3) is 0.138. The molecule has 36 heavy (non-hydrogen) atoms. The highest BCUT2D eigenvalue weighted by molar-refractivity contribution is 6.10. The van der Waals surface area contributed by atoms with Crippen LogP contribution in [-0.2, 0) is 11.3 Å². The van der Waals surface area contributed by atoms with E-state index in [2.05, 4.69) is 10.6 Å². The molecule has 0 fully saturated rings. The average molecular weight is 486 g/mol. The van der Waals surface area contributed by atoms with Crippen LogP contribution < -0.4 is 10.6 Å². The normalized spacial score (nSPS) is 10.2. The lowest BCUT2D eigenvalue weighted by Gasteiger charge is -2.13. The van der Waals surface area contributed by atoms with Crippen LogP contribution in [0.5, 0.6) is 0 Å². The number of carbonyl (C=O) groups excluding carboxylic acids is 1. The van der Waals surface area contributed by atoms with E-state index >= 15 is 0 Å². The number of carboxylic acids is 1. The molecule has 7 heteroatoms. The first-order valence-electron chi connectivity index (χ1n) is 11.6. The number of fused-ring (bicyclic) bond motifs is 1. The molecule has 0 aromatic heterocycles. The first kappa shape index (κ1) is 26.1. The third-order valence-electron chi connectivity index (χ3n) is 5.34. The summed E-state index contributed by atoms with van der Waals surface area (Å²) in [5.41, 5.74) is 2.61. The Kier molecular flexibility index (Phi) is 8.89. The van der Waals surface area contributed by atoms with Crippen molar-refractivity contribution >= 4 is 39.7 Å². The van der Waals surface area contributed by atoms with Crippen molar-refractivity contribution < 1.29 is 19.1 Å². The second kappa shape index (κ2) is 12.3. The molecule has 0 heterocycles. The van der Waals surface area contributed by atoms with E-state index in [0.29, 0.717) is 23.5 Å². The summed E-state index contributed by atoms with van der Waals surface area (Å²) in [4.78, 5) is 23.6. The minimum absolute atomic E-state index is 0.179. The first-order chi connectivity index (χ1) is 17.4. The Morgan fingerprint density at radius 2 is 1.58 bits per heavy atom. The van der Waals surface area contributed by atoms with Gasteiger partial charge >= 0.3 is 5.97 Å². The fourth-order valence-electron chi connectivity index (χ4n) is 3.60. The SMILES string of the molecule is CC.N=C(CC(=O)O)c1cc(F)ccc1NCc1ccc(NC(=O)c2ccc3ccccc3c2)cc1. The molecule has 0 radical (unpaired) electrons. The Bertz CT molecular complexity index is 1380. The van der Waals surface area contributed by atoms with Gasteiger partial charge in [0.2, 0.25) is 0 Å². The van der Waals surface area contributed by atoms with Crippen molar-refractivity contribution in [1.29, 1.82) is 5.41 Å². The van der Waals surface area contributed by atoms with Crippen LogP contribution in [0.1, 0.15) is 41.8 Å². The molecule has 0 atom stereocenters. The number of benzene rings is 4. The number of hydrogen-bond acceptors (Lipinski definition) is 4. The molecule has 0 unspecified atom stereocenters. The van der Waals surface area contributed by atoms with Crippen molar-refractivity contribution in [1.82, 2.24) is 0 Å². The maximum Gasteiger partial charge on any atom is 0.309 e. The summed E-state index contributed by atoms with van der Waals surface area (Å²) in [6.45, 7) is 4.37. The van der Waals surface area contributed by atoms with E-state index in [4.69, 9.17) is 10.5 Å². The van der Waals surface area contributed by atoms with Crippen molar-refractivity contribution in [2.24, 2.45) is 0 Å². The van der Waals surface area contributed by atoms with Gasteiger partial charge in [-0.05, 0) is 58.8 Å². The molecule has 0 aliphatic carbocycles. The summed E-state index contributed by atoms with van der Waals surface area (Å²) in [7, 11) is 0.